The number of hydrogen-bond donors (Lipinski definition) is 0. The van der Waals surface area contributed by atoms with E-state index in [0.29, 0.717) is 0 Å². The number of unbranched alkanes of at least 4 members (excludes halogenated alkanes) is 3. The first-order valence-electron chi connectivity index (χ1n) is 4.63. The van der Waals surface area contributed by atoms with Crippen molar-refractivity contribution in [1.82, 2.24) is 0 Å². The standard InChI is InChI=1S/C10H19NO/c1-4-6-7-8-9-11(12)10(3)5-2/h5,9-10H,2,4,6-8H2,1,3H3/b11-9-. The third-order valence-corrected chi connectivity index (χ3v) is 1.86. The van der Waals surface area contributed by atoms with Crippen LogP contribution in [-0.4, -0.2) is 17.0 Å². The first kappa shape index (κ1) is 11.2. The molecule has 0 aliphatic carbocycles. The molecule has 0 aromatic heterocycles. The fraction of sp³-hybridized carbons (Fsp3) is 0.700. The van der Waals surface area contributed by atoms with Crippen LogP contribution in [0.2, 0.25) is 0 Å². The van der Waals surface area contributed by atoms with Crippen LogP contribution in [0.25, 0.3) is 0 Å². The predicted molar refractivity (Wildman–Crippen MR) is 53.5 cm³/mol. The molecule has 0 saturated carbocycles. The Morgan fingerprint density at radius 2 is 2.17 bits per heavy atom. The van der Waals surface area contributed by atoms with Crippen LogP contribution in [0, 0.1) is 5.21 Å². The van der Waals surface area contributed by atoms with E-state index in [9.17, 15) is 5.21 Å². The monoisotopic (exact) mass is 169 g/mol. The van der Waals surface area contributed by atoms with E-state index in [2.05, 4.69) is 13.5 Å². The third-order valence-electron chi connectivity index (χ3n) is 1.86. The molecule has 0 aliphatic rings. The minimum Gasteiger partial charge on any atom is -0.624 e. The maximum absolute atomic E-state index is 11.1. The molecule has 2 nitrogen and oxygen atoms in total. The normalized spacial score (nSPS) is 14.3. The van der Waals surface area contributed by atoms with Gasteiger partial charge < -0.3 is 5.21 Å². The molecule has 1 unspecified atom stereocenters. The molecule has 0 aliphatic heterocycles. The summed E-state index contributed by atoms with van der Waals surface area (Å²) in [5, 5.41) is 11.1. The van der Waals surface area contributed by atoms with Crippen LogP contribution in [-0.2, 0) is 0 Å². The topological polar surface area (TPSA) is 26.1 Å². The minimum atomic E-state index is -0.0911. The summed E-state index contributed by atoms with van der Waals surface area (Å²) in [6.45, 7) is 7.56. The first-order valence-corrected chi connectivity index (χ1v) is 4.63. The number of rotatable bonds is 6. The molecule has 0 N–H and O–H groups in total. The van der Waals surface area contributed by atoms with E-state index >= 15 is 0 Å². The molecule has 0 bridgehead atoms. The second kappa shape index (κ2) is 6.89. The predicted octanol–water partition coefficient (Wildman–Crippen LogP) is 2.72. The highest BCUT2D eigenvalue weighted by molar-refractivity contribution is 5.51. The molecule has 0 fully saturated rings. The summed E-state index contributed by atoms with van der Waals surface area (Å²) in [5.74, 6) is 0. The summed E-state index contributed by atoms with van der Waals surface area (Å²) in [6.07, 6.45) is 7.76. The van der Waals surface area contributed by atoms with Crippen LogP contribution in [0.3, 0.4) is 0 Å². The van der Waals surface area contributed by atoms with Crippen molar-refractivity contribution in [1.29, 1.82) is 0 Å². The van der Waals surface area contributed by atoms with Crippen molar-refractivity contribution < 1.29 is 4.74 Å². The Bertz CT molecular complexity index is 152. The summed E-state index contributed by atoms with van der Waals surface area (Å²) < 4.78 is 0.975. The van der Waals surface area contributed by atoms with E-state index in [1.165, 1.54) is 12.8 Å². The lowest BCUT2D eigenvalue weighted by atomic mass is 10.2. The maximum Gasteiger partial charge on any atom is 0.178 e. The summed E-state index contributed by atoms with van der Waals surface area (Å²) in [4.78, 5) is 0. The van der Waals surface area contributed by atoms with Crippen LogP contribution in [0.1, 0.15) is 39.5 Å². The molecular formula is C10H19NO. The third kappa shape index (κ3) is 4.94. The van der Waals surface area contributed by atoms with Gasteiger partial charge >= 0.3 is 0 Å². The van der Waals surface area contributed by atoms with Crippen LogP contribution in [0.5, 0.6) is 0 Å². The highest BCUT2D eigenvalue weighted by Crippen LogP contribution is 1.97. The molecule has 2 heteroatoms. The van der Waals surface area contributed by atoms with Crippen molar-refractivity contribution in [2.45, 2.75) is 45.6 Å². The van der Waals surface area contributed by atoms with E-state index in [4.69, 9.17) is 0 Å². The molecule has 0 spiro atoms. The Morgan fingerprint density at radius 1 is 1.50 bits per heavy atom. The lowest BCUT2D eigenvalue weighted by molar-refractivity contribution is -0.479. The summed E-state index contributed by atoms with van der Waals surface area (Å²) in [7, 11) is 0. The SMILES string of the molecule is C=CC(C)/[N+]([O-])=C/CCCCC. The van der Waals surface area contributed by atoms with E-state index < -0.39 is 0 Å². The smallest absolute Gasteiger partial charge is 0.178 e. The van der Waals surface area contributed by atoms with E-state index in [0.717, 1.165) is 17.6 Å². The van der Waals surface area contributed by atoms with E-state index in [1.807, 2.05) is 6.92 Å². The largest absolute Gasteiger partial charge is 0.624 e. The Hall–Kier alpha value is -0.790. The molecule has 0 saturated heterocycles. The van der Waals surface area contributed by atoms with Crippen molar-refractivity contribution in [2.24, 2.45) is 0 Å². The Kier molecular flexibility index (Phi) is 6.44. The van der Waals surface area contributed by atoms with Crippen LogP contribution < -0.4 is 0 Å². The second-order valence-corrected chi connectivity index (χ2v) is 3.01. The molecule has 0 radical (unpaired) electrons. The van der Waals surface area contributed by atoms with Gasteiger partial charge in [0.05, 0.1) is 0 Å². The molecule has 1 atom stereocenters. The number of hydroxylamine groups is 1. The van der Waals surface area contributed by atoms with Gasteiger partial charge in [0.25, 0.3) is 0 Å². The Labute approximate surface area is 75.2 Å². The van der Waals surface area contributed by atoms with Crippen LogP contribution >= 0.6 is 0 Å². The average molecular weight is 169 g/mol. The van der Waals surface area contributed by atoms with Gasteiger partial charge in [-0.25, -0.2) is 4.74 Å². The highest BCUT2D eigenvalue weighted by Gasteiger charge is 2.00. The lowest BCUT2D eigenvalue weighted by Crippen LogP contribution is -2.15. The van der Waals surface area contributed by atoms with Gasteiger partial charge in [-0.1, -0.05) is 26.3 Å². The van der Waals surface area contributed by atoms with Crippen LogP contribution in [0.15, 0.2) is 12.7 Å². The zero-order valence-electron chi connectivity index (χ0n) is 8.12. The summed E-state index contributed by atoms with van der Waals surface area (Å²) in [6, 6.07) is -0.0911. The zero-order valence-corrected chi connectivity index (χ0v) is 8.12. The summed E-state index contributed by atoms with van der Waals surface area (Å²) in [5.41, 5.74) is 0. The first-order chi connectivity index (χ1) is 5.72. The van der Waals surface area contributed by atoms with E-state index in [-0.39, 0.29) is 6.04 Å². The van der Waals surface area contributed by atoms with Gasteiger partial charge in [-0.3, -0.25) is 0 Å². The second-order valence-electron chi connectivity index (χ2n) is 3.01. The van der Waals surface area contributed by atoms with Crippen LogP contribution in [0.4, 0.5) is 0 Å². The van der Waals surface area contributed by atoms with E-state index in [1.54, 1.807) is 12.3 Å². The van der Waals surface area contributed by atoms with Gasteiger partial charge in [0.1, 0.15) is 0 Å². The van der Waals surface area contributed by atoms with Crippen molar-refractivity contribution in [3.63, 3.8) is 0 Å². The zero-order chi connectivity index (χ0) is 9.40. The van der Waals surface area contributed by atoms with Gasteiger partial charge in [-0.05, 0) is 12.5 Å². The molecule has 0 aromatic carbocycles. The van der Waals surface area contributed by atoms with Crippen molar-refractivity contribution in [2.75, 3.05) is 0 Å². The van der Waals surface area contributed by atoms with Gasteiger partial charge in [-0.2, -0.15) is 0 Å². The van der Waals surface area contributed by atoms with Gasteiger partial charge in [0.15, 0.2) is 12.3 Å². The van der Waals surface area contributed by atoms with Gasteiger partial charge in [0, 0.05) is 13.3 Å². The molecular weight excluding hydrogens is 150 g/mol. The summed E-state index contributed by atoms with van der Waals surface area (Å²) >= 11 is 0. The molecule has 0 rings (SSSR count). The molecule has 70 valence electrons. The maximum atomic E-state index is 11.1. The highest BCUT2D eigenvalue weighted by atomic mass is 16.5. The molecule has 0 heterocycles. The fourth-order valence-corrected chi connectivity index (χ4v) is 0.883. The fourth-order valence-electron chi connectivity index (χ4n) is 0.883. The Morgan fingerprint density at radius 3 is 2.67 bits per heavy atom. The molecule has 0 amide bonds. The quantitative estimate of drug-likeness (QED) is 0.150. The number of nitrogens with zero attached hydrogens (tertiary/aromatic N) is 1. The van der Waals surface area contributed by atoms with Crippen molar-refractivity contribution >= 4 is 6.21 Å². The van der Waals surface area contributed by atoms with Gasteiger partial charge in [-0.15, -0.1) is 0 Å². The van der Waals surface area contributed by atoms with Gasteiger partial charge in [0.2, 0.25) is 0 Å². The van der Waals surface area contributed by atoms with Crippen molar-refractivity contribution in [3.05, 3.63) is 17.9 Å². The number of hydrogen-bond acceptors (Lipinski definition) is 1. The molecule has 12 heavy (non-hydrogen) atoms. The lowest BCUT2D eigenvalue weighted by Gasteiger charge is -2.07. The van der Waals surface area contributed by atoms with Crippen molar-refractivity contribution in [3.8, 4) is 0 Å². The Balaban J connectivity index is 3.61. The minimum absolute atomic E-state index is 0.0911. The average Bonchev–Trinajstić information content (AvgIpc) is 2.10. The molecule has 0 aromatic rings.